The second kappa shape index (κ2) is 9.41. The Morgan fingerprint density at radius 1 is 0.912 bits per heavy atom. The summed E-state index contributed by atoms with van der Waals surface area (Å²) in [5.41, 5.74) is 1.60. The fourth-order valence-electron chi connectivity index (χ4n) is 4.39. The number of piperidine rings is 1. The van der Waals surface area contributed by atoms with Crippen molar-refractivity contribution in [2.75, 3.05) is 24.5 Å². The lowest BCUT2D eigenvalue weighted by molar-refractivity contribution is 0.369. The molecular formula is C25H25N5O3S. The molecule has 0 amide bonds. The van der Waals surface area contributed by atoms with Crippen molar-refractivity contribution in [1.29, 1.82) is 5.26 Å². The van der Waals surface area contributed by atoms with Crippen LogP contribution in [0.5, 0.6) is 11.6 Å². The van der Waals surface area contributed by atoms with Crippen molar-refractivity contribution in [3.8, 4) is 17.7 Å². The van der Waals surface area contributed by atoms with Crippen molar-refractivity contribution >= 4 is 16.0 Å². The molecule has 2 aromatic carbocycles. The minimum atomic E-state index is -3.88. The Balaban J connectivity index is 1.53. The van der Waals surface area contributed by atoms with Crippen LogP contribution in [0.15, 0.2) is 59.5 Å². The van der Waals surface area contributed by atoms with Crippen LogP contribution >= 0.6 is 0 Å². The lowest BCUT2D eigenvalue weighted by Crippen LogP contribution is -2.38. The summed E-state index contributed by atoms with van der Waals surface area (Å²) in [6.07, 6.45) is 3.84. The standard InChI is InChI=1S/C25H25N5O3S/c26-17-19-9-5-6-12-23(19)34(31,32)30-16-13-22-21(18-30)24(33-20-10-3-1-4-11-20)28-25(27-22)29-14-7-2-8-15-29/h1,3-6,9-12H,2,7-8,13-16,18H2. The number of rotatable bonds is 5. The third kappa shape index (κ3) is 4.34. The van der Waals surface area contributed by atoms with E-state index in [0.717, 1.165) is 31.6 Å². The van der Waals surface area contributed by atoms with Crippen LogP contribution in [-0.2, 0) is 23.0 Å². The molecule has 3 heterocycles. The molecule has 1 aromatic heterocycles. The van der Waals surface area contributed by atoms with Crippen LogP contribution in [0.2, 0.25) is 0 Å². The molecule has 0 saturated carbocycles. The first-order valence-electron chi connectivity index (χ1n) is 11.4. The van der Waals surface area contributed by atoms with Gasteiger partial charge in [-0.25, -0.2) is 13.4 Å². The second-order valence-corrected chi connectivity index (χ2v) is 10.3. The molecular weight excluding hydrogens is 450 g/mol. The van der Waals surface area contributed by atoms with Gasteiger partial charge in [0, 0.05) is 32.6 Å². The van der Waals surface area contributed by atoms with E-state index in [0.29, 0.717) is 29.6 Å². The molecule has 0 unspecified atom stereocenters. The van der Waals surface area contributed by atoms with Gasteiger partial charge in [-0.2, -0.15) is 14.6 Å². The van der Waals surface area contributed by atoms with Crippen LogP contribution in [-0.4, -0.2) is 42.3 Å². The third-order valence-corrected chi connectivity index (χ3v) is 8.10. The van der Waals surface area contributed by atoms with E-state index < -0.39 is 10.0 Å². The number of benzene rings is 2. The maximum Gasteiger partial charge on any atom is 0.244 e. The van der Waals surface area contributed by atoms with Gasteiger partial charge < -0.3 is 9.64 Å². The molecule has 34 heavy (non-hydrogen) atoms. The Bertz CT molecular complexity index is 1330. The predicted octanol–water partition coefficient (Wildman–Crippen LogP) is 3.88. The van der Waals surface area contributed by atoms with E-state index >= 15 is 0 Å². The summed E-state index contributed by atoms with van der Waals surface area (Å²) in [5, 5.41) is 9.42. The van der Waals surface area contributed by atoms with E-state index in [1.807, 2.05) is 36.4 Å². The maximum absolute atomic E-state index is 13.4. The number of nitriles is 1. The van der Waals surface area contributed by atoms with E-state index in [4.69, 9.17) is 14.7 Å². The largest absolute Gasteiger partial charge is 0.439 e. The molecule has 0 spiro atoms. The van der Waals surface area contributed by atoms with Crippen molar-refractivity contribution in [1.82, 2.24) is 14.3 Å². The monoisotopic (exact) mass is 475 g/mol. The van der Waals surface area contributed by atoms with Gasteiger partial charge in [0.2, 0.25) is 21.9 Å². The minimum Gasteiger partial charge on any atom is -0.439 e. The van der Waals surface area contributed by atoms with Gasteiger partial charge in [0.15, 0.2) is 0 Å². The smallest absolute Gasteiger partial charge is 0.244 e. The average molecular weight is 476 g/mol. The SMILES string of the molecule is N#Cc1ccccc1S(=O)(=O)N1CCc2nc(N3CCCCC3)nc(Oc3ccccc3)c2C1. The number of nitrogens with zero attached hydrogens (tertiary/aromatic N) is 5. The van der Waals surface area contributed by atoms with Crippen LogP contribution < -0.4 is 9.64 Å². The zero-order valence-corrected chi connectivity index (χ0v) is 19.5. The molecule has 3 aromatic rings. The molecule has 1 fully saturated rings. The molecule has 174 valence electrons. The highest BCUT2D eigenvalue weighted by Gasteiger charge is 2.33. The summed E-state index contributed by atoms with van der Waals surface area (Å²) < 4.78 is 34.4. The van der Waals surface area contributed by atoms with Crippen LogP contribution in [0.1, 0.15) is 36.1 Å². The maximum atomic E-state index is 13.4. The molecule has 9 heteroatoms. The molecule has 2 aliphatic rings. The van der Waals surface area contributed by atoms with Gasteiger partial charge in [-0.3, -0.25) is 0 Å². The van der Waals surface area contributed by atoms with Gasteiger partial charge in [-0.05, 0) is 43.5 Å². The lowest BCUT2D eigenvalue weighted by atomic mass is 10.1. The number of para-hydroxylation sites is 1. The molecule has 2 aliphatic heterocycles. The normalized spacial score (nSPS) is 16.5. The van der Waals surface area contributed by atoms with Gasteiger partial charge in [-0.1, -0.05) is 30.3 Å². The van der Waals surface area contributed by atoms with Gasteiger partial charge in [0.1, 0.15) is 11.8 Å². The van der Waals surface area contributed by atoms with Crippen LogP contribution in [0.4, 0.5) is 5.95 Å². The summed E-state index contributed by atoms with van der Waals surface area (Å²) in [5.74, 6) is 1.64. The lowest BCUT2D eigenvalue weighted by Gasteiger charge is -2.31. The Morgan fingerprint density at radius 2 is 1.65 bits per heavy atom. The number of ether oxygens (including phenoxy) is 1. The molecule has 0 aliphatic carbocycles. The quantitative estimate of drug-likeness (QED) is 0.552. The topological polar surface area (TPSA) is 99.4 Å². The van der Waals surface area contributed by atoms with Crippen molar-refractivity contribution < 1.29 is 13.2 Å². The molecule has 0 bridgehead atoms. The Kier molecular flexibility index (Phi) is 6.18. The number of hydrogen-bond acceptors (Lipinski definition) is 7. The third-order valence-electron chi connectivity index (χ3n) is 6.20. The van der Waals surface area contributed by atoms with Crippen LogP contribution in [0.25, 0.3) is 0 Å². The van der Waals surface area contributed by atoms with Crippen molar-refractivity contribution in [3.63, 3.8) is 0 Å². The average Bonchev–Trinajstić information content (AvgIpc) is 2.89. The van der Waals surface area contributed by atoms with E-state index in [1.54, 1.807) is 12.1 Å². The molecule has 5 rings (SSSR count). The number of hydrogen-bond donors (Lipinski definition) is 0. The molecule has 0 atom stereocenters. The molecule has 0 N–H and O–H groups in total. The van der Waals surface area contributed by atoms with Crippen molar-refractivity contribution in [3.05, 3.63) is 71.4 Å². The summed E-state index contributed by atoms with van der Waals surface area (Å²) in [7, 11) is -3.88. The first kappa shape index (κ1) is 22.3. The summed E-state index contributed by atoms with van der Waals surface area (Å²) in [6, 6.07) is 17.6. The summed E-state index contributed by atoms with van der Waals surface area (Å²) in [4.78, 5) is 11.8. The highest BCUT2D eigenvalue weighted by atomic mass is 32.2. The predicted molar refractivity (Wildman–Crippen MR) is 127 cm³/mol. The Labute approximate surface area is 199 Å². The highest BCUT2D eigenvalue weighted by molar-refractivity contribution is 7.89. The summed E-state index contributed by atoms with van der Waals surface area (Å²) >= 11 is 0. The van der Waals surface area contributed by atoms with E-state index in [2.05, 4.69) is 4.90 Å². The first-order valence-corrected chi connectivity index (χ1v) is 12.9. The van der Waals surface area contributed by atoms with Gasteiger partial charge in [-0.15, -0.1) is 0 Å². The molecule has 0 radical (unpaired) electrons. The number of aromatic nitrogens is 2. The highest BCUT2D eigenvalue weighted by Crippen LogP contribution is 2.34. The number of fused-ring (bicyclic) bond motifs is 1. The van der Waals surface area contributed by atoms with Gasteiger partial charge >= 0.3 is 0 Å². The zero-order chi connectivity index (χ0) is 23.5. The Hall–Kier alpha value is -3.48. The first-order chi connectivity index (χ1) is 16.6. The van der Waals surface area contributed by atoms with Crippen LogP contribution in [0.3, 0.4) is 0 Å². The molecule has 8 nitrogen and oxygen atoms in total. The fourth-order valence-corrected chi connectivity index (χ4v) is 5.95. The van der Waals surface area contributed by atoms with Gasteiger partial charge in [0.05, 0.1) is 21.7 Å². The number of anilines is 1. The van der Waals surface area contributed by atoms with E-state index in [-0.39, 0.29) is 23.5 Å². The van der Waals surface area contributed by atoms with E-state index in [9.17, 15) is 13.7 Å². The van der Waals surface area contributed by atoms with Gasteiger partial charge in [0.25, 0.3) is 0 Å². The van der Waals surface area contributed by atoms with E-state index in [1.165, 1.54) is 22.9 Å². The van der Waals surface area contributed by atoms with Crippen molar-refractivity contribution in [2.45, 2.75) is 37.1 Å². The summed E-state index contributed by atoms with van der Waals surface area (Å²) in [6.45, 7) is 2.15. The van der Waals surface area contributed by atoms with Crippen LogP contribution in [0, 0.1) is 11.3 Å². The zero-order valence-electron chi connectivity index (χ0n) is 18.7. The minimum absolute atomic E-state index is 0.0114. The Morgan fingerprint density at radius 3 is 2.41 bits per heavy atom. The number of sulfonamides is 1. The molecule has 1 saturated heterocycles. The van der Waals surface area contributed by atoms with Crippen molar-refractivity contribution in [2.24, 2.45) is 0 Å². The second-order valence-electron chi connectivity index (χ2n) is 8.41. The fraction of sp³-hybridized carbons (Fsp3) is 0.320.